The highest BCUT2D eigenvalue weighted by molar-refractivity contribution is 7.09. The summed E-state index contributed by atoms with van der Waals surface area (Å²) >= 11 is 1.49. The lowest BCUT2D eigenvalue weighted by Gasteiger charge is -2.36. The van der Waals surface area contributed by atoms with E-state index in [2.05, 4.69) is 17.2 Å². The van der Waals surface area contributed by atoms with Crippen molar-refractivity contribution in [2.24, 2.45) is 5.92 Å². The van der Waals surface area contributed by atoms with Crippen LogP contribution in [0.1, 0.15) is 36.9 Å². The molecule has 116 valence electrons. The standard InChI is InChI=1S/C14H21N3O3S/c1-3-10-4-5-17(11(6-10)13(18)19)14(20)15-7-12-16-9(2)8-21-12/h8,10-11H,3-7H2,1-2H3,(H,15,20)(H,18,19). The molecule has 0 bridgehead atoms. The maximum absolute atomic E-state index is 12.2. The molecule has 0 saturated carbocycles. The maximum Gasteiger partial charge on any atom is 0.326 e. The van der Waals surface area contributed by atoms with Gasteiger partial charge >= 0.3 is 12.0 Å². The smallest absolute Gasteiger partial charge is 0.326 e. The SMILES string of the molecule is CCC1CCN(C(=O)NCc2nc(C)cs2)C(C(=O)O)C1. The second kappa shape index (κ2) is 6.89. The van der Waals surface area contributed by atoms with Crippen molar-refractivity contribution in [2.45, 2.75) is 45.7 Å². The number of hydrogen-bond donors (Lipinski definition) is 2. The van der Waals surface area contributed by atoms with Gasteiger partial charge in [0.15, 0.2) is 0 Å². The van der Waals surface area contributed by atoms with E-state index in [1.165, 1.54) is 16.2 Å². The second-order valence-corrected chi connectivity index (χ2v) is 6.33. The zero-order valence-corrected chi connectivity index (χ0v) is 13.2. The predicted molar refractivity (Wildman–Crippen MR) is 80.2 cm³/mol. The Hall–Kier alpha value is -1.63. The summed E-state index contributed by atoms with van der Waals surface area (Å²) in [6, 6.07) is -1.04. The van der Waals surface area contributed by atoms with Crippen LogP contribution < -0.4 is 5.32 Å². The van der Waals surface area contributed by atoms with Crippen molar-refractivity contribution in [1.29, 1.82) is 0 Å². The number of thiazole rings is 1. The Morgan fingerprint density at radius 3 is 2.90 bits per heavy atom. The number of carbonyl (C=O) groups excluding carboxylic acids is 1. The fourth-order valence-corrected chi connectivity index (χ4v) is 3.33. The molecule has 1 aliphatic heterocycles. The molecule has 21 heavy (non-hydrogen) atoms. The highest BCUT2D eigenvalue weighted by Gasteiger charge is 2.35. The van der Waals surface area contributed by atoms with Gasteiger partial charge in [-0.25, -0.2) is 14.6 Å². The Kier molecular flexibility index (Phi) is 5.17. The number of rotatable bonds is 4. The zero-order valence-electron chi connectivity index (χ0n) is 12.3. The quantitative estimate of drug-likeness (QED) is 0.893. The van der Waals surface area contributed by atoms with Crippen LogP contribution in [0.25, 0.3) is 0 Å². The molecule has 2 N–H and O–H groups in total. The van der Waals surface area contributed by atoms with Crippen LogP contribution in [0.4, 0.5) is 4.79 Å². The number of likely N-dealkylation sites (tertiary alicyclic amines) is 1. The minimum absolute atomic E-state index is 0.315. The van der Waals surface area contributed by atoms with Gasteiger partial charge in [0.25, 0.3) is 0 Å². The first-order chi connectivity index (χ1) is 10.0. The number of aryl methyl sites for hydroxylation is 1. The third-order valence-electron chi connectivity index (χ3n) is 3.89. The van der Waals surface area contributed by atoms with Crippen LogP contribution in [0.2, 0.25) is 0 Å². The second-order valence-electron chi connectivity index (χ2n) is 5.39. The van der Waals surface area contributed by atoms with E-state index >= 15 is 0 Å². The average molecular weight is 311 g/mol. The summed E-state index contributed by atoms with van der Waals surface area (Å²) in [6.07, 6.45) is 2.36. The molecule has 7 heteroatoms. The molecule has 1 aromatic rings. The van der Waals surface area contributed by atoms with Gasteiger partial charge in [-0.2, -0.15) is 0 Å². The average Bonchev–Trinajstić information content (AvgIpc) is 2.89. The number of aliphatic carboxylic acids is 1. The highest BCUT2D eigenvalue weighted by Crippen LogP contribution is 2.25. The van der Waals surface area contributed by atoms with Crippen LogP contribution in [0, 0.1) is 12.8 Å². The molecule has 1 aliphatic rings. The molecule has 0 radical (unpaired) electrons. The molecule has 1 saturated heterocycles. The van der Waals surface area contributed by atoms with E-state index in [0.29, 0.717) is 25.4 Å². The summed E-state index contributed by atoms with van der Waals surface area (Å²) in [7, 11) is 0. The van der Waals surface area contributed by atoms with E-state index in [1.54, 1.807) is 0 Å². The van der Waals surface area contributed by atoms with Gasteiger partial charge in [-0.15, -0.1) is 11.3 Å². The Morgan fingerprint density at radius 1 is 1.57 bits per heavy atom. The molecule has 2 heterocycles. The van der Waals surface area contributed by atoms with Gasteiger partial charge in [-0.05, 0) is 25.7 Å². The lowest BCUT2D eigenvalue weighted by Crippen LogP contribution is -2.53. The summed E-state index contributed by atoms with van der Waals surface area (Å²) in [5.74, 6) is -0.537. The number of carboxylic acid groups (broad SMARTS) is 1. The summed E-state index contributed by atoms with van der Waals surface area (Å²) in [6.45, 7) is 4.80. The van der Waals surface area contributed by atoms with E-state index in [-0.39, 0.29) is 6.03 Å². The normalized spacial score (nSPS) is 22.1. The minimum atomic E-state index is -0.923. The topological polar surface area (TPSA) is 82.5 Å². The Morgan fingerprint density at radius 2 is 2.33 bits per heavy atom. The number of amides is 2. The largest absolute Gasteiger partial charge is 0.480 e. The van der Waals surface area contributed by atoms with Crippen LogP contribution in [0.5, 0.6) is 0 Å². The van der Waals surface area contributed by atoms with Crippen LogP contribution >= 0.6 is 11.3 Å². The predicted octanol–water partition coefficient (Wildman–Crippen LogP) is 2.24. The van der Waals surface area contributed by atoms with Gasteiger partial charge in [-0.3, -0.25) is 0 Å². The van der Waals surface area contributed by atoms with E-state index in [4.69, 9.17) is 0 Å². The Bertz CT molecular complexity index is 517. The number of piperidine rings is 1. The third kappa shape index (κ3) is 3.93. The zero-order chi connectivity index (χ0) is 15.4. The first kappa shape index (κ1) is 15.8. The molecule has 1 aromatic heterocycles. The number of nitrogens with one attached hydrogen (secondary N) is 1. The number of aromatic nitrogens is 1. The van der Waals surface area contributed by atoms with E-state index in [0.717, 1.165) is 23.5 Å². The van der Waals surface area contributed by atoms with Crippen molar-refractivity contribution >= 4 is 23.3 Å². The Labute approximate surface area is 128 Å². The lowest BCUT2D eigenvalue weighted by atomic mass is 9.89. The van der Waals surface area contributed by atoms with Crippen molar-refractivity contribution in [3.05, 3.63) is 16.1 Å². The van der Waals surface area contributed by atoms with E-state index < -0.39 is 12.0 Å². The fourth-order valence-electron chi connectivity index (χ4n) is 2.62. The van der Waals surface area contributed by atoms with Gasteiger partial charge < -0.3 is 15.3 Å². The van der Waals surface area contributed by atoms with Crippen LogP contribution in [0.3, 0.4) is 0 Å². The number of carboxylic acids is 1. The van der Waals surface area contributed by atoms with Crippen molar-refractivity contribution in [2.75, 3.05) is 6.54 Å². The van der Waals surface area contributed by atoms with Crippen LogP contribution in [-0.4, -0.2) is 39.6 Å². The van der Waals surface area contributed by atoms with Gasteiger partial charge in [0, 0.05) is 17.6 Å². The van der Waals surface area contributed by atoms with Gasteiger partial charge in [0.2, 0.25) is 0 Å². The minimum Gasteiger partial charge on any atom is -0.480 e. The van der Waals surface area contributed by atoms with E-state index in [9.17, 15) is 14.7 Å². The molecule has 2 atom stereocenters. The first-order valence-electron chi connectivity index (χ1n) is 7.19. The Balaban J connectivity index is 1.95. The molecule has 6 nitrogen and oxygen atoms in total. The summed E-state index contributed by atoms with van der Waals surface area (Å²) in [4.78, 5) is 29.3. The molecule has 0 spiro atoms. The summed E-state index contributed by atoms with van der Waals surface area (Å²) in [5.41, 5.74) is 0.927. The first-order valence-corrected chi connectivity index (χ1v) is 8.07. The van der Waals surface area contributed by atoms with Crippen LogP contribution in [-0.2, 0) is 11.3 Å². The van der Waals surface area contributed by atoms with Gasteiger partial charge in [-0.1, -0.05) is 13.3 Å². The number of nitrogens with zero attached hydrogens (tertiary/aromatic N) is 2. The van der Waals surface area contributed by atoms with Gasteiger partial charge in [0.1, 0.15) is 11.0 Å². The monoisotopic (exact) mass is 311 g/mol. The molecule has 2 amide bonds. The maximum atomic E-state index is 12.2. The van der Waals surface area contributed by atoms with E-state index in [1.807, 2.05) is 12.3 Å². The summed E-state index contributed by atoms with van der Waals surface area (Å²) < 4.78 is 0. The summed E-state index contributed by atoms with van der Waals surface area (Å²) in [5, 5.41) is 14.9. The van der Waals surface area contributed by atoms with Crippen LogP contribution in [0.15, 0.2) is 5.38 Å². The van der Waals surface area contributed by atoms with Crippen molar-refractivity contribution in [3.63, 3.8) is 0 Å². The van der Waals surface area contributed by atoms with Gasteiger partial charge in [0.05, 0.1) is 6.54 Å². The molecule has 2 rings (SSSR count). The number of carbonyl (C=O) groups is 2. The third-order valence-corrected chi connectivity index (χ3v) is 4.86. The lowest BCUT2D eigenvalue weighted by molar-refractivity contribution is -0.144. The molecule has 1 fully saturated rings. The van der Waals surface area contributed by atoms with Crippen molar-refractivity contribution < 1.29 is 14.7 Å². The molecule has 0 aromatic carbocycles. The number of urea groups is 1. The number of hydrogen-bond acceptors (Lipinski definition) is 4. The van der Waals surface area contributed by atoms with Crippen molar-refractivity contribution in [3.8, 4) is 0 Å². The fraction of sp³-hybridized carbons (Fsp3) is 0.643. The molecular weight excluding hydrogens is 290 g/mol. The molecule has 0 aliphatic carbocycles. The molecule has 2 unspecified atom stereocenters. The highest BCUT2D eigenvalue weighted by atomic mass is 32.1. The van der Waals surface area contributed by atoms with Crippen molar-refractivity contribution in [1.82, 2.24) is 15.2 Å². The molecular formula is C14H21N3O3S.